The minimum absolute atomic E-state index is 0.205. The van der Waals surface area contributed by atoms with E-state index in [4.69, 9.17) is 9.15 Å². The Balaban J connectivity index is 1.65. The molecular formula is C17H15N3O3. The SMILES string of the molecule is COc1ccc(C(=O)NCc2cncc(-c3ccco3)c2)cn1. The van der Waals surface area contributed by atoms with Gasteiger partial charge in [0.2, 0.25) is 5.88 Å². The van der Waals surface area contributed by atoms with Gasteiger partial charge in [0.1, 0.15) is 5.76 Å². The maximum atomic E-state index is 12.1. The van der Waals surface area contributed by atoms with Crippen LogP contribution < -0.4 is 10.1 Å². The Bertz CT molecular complexity index is 783. The predicted molar refractivity (Wildman–Crippen MR) is 83.9 cm³/mol. The number of carbonyl (C=O) groups is 1. The molecule has 0 fully saturated rings. The minimum atomic E-state index is -0.205. The van der Waals surface area contributed by atoms with Gasteiger partial charge >= 0.3 is 0 Å². The fourth-order valence-electron chi connectivity index (χ4n) is 2.08. The second-order valence-corrected chi connectivity index (χ2v) is 4.83. The Labute approximate surface area is 133 Å². The van der Waals surface area contributed by atoms with E-state index in [0.717, 1.165) is 16.9 Å². The molecule has 6 nitrogen and oxygen atoms in total. The fraction of sp³-hybridized carbons (Fsp3) is 0.118. The third kappa shape index (κ3) is 3.55. The summed E-state index contributed by atoms with van der Waals surface area (Å²) in [6.45, 7) is 0.367. The molecule has 0 radical (unpaired) electrons. The molecule has 0 saturated carbocycles. The second-order valence-electron chi connectivity index (χ2n) is 4.83. The fourth-order valence-corrected chi connectivity index (χ4v) is 2.08. The molecule has 0 atom stereocenters. The first-order valence-electron chi connectivity index (χ1n) is 7.02. The van der Waals surface area contributed by atoms with Crippen molar-refractivity contribution in [3.8, 4) is 17.2 Å². The Hall–Kier alpha value is -3.15. The maximum absolute atomic E-state index is 12.1. The van der Waals surface area contributed by atoms with E-state index in [1.54, 1.807) is 30.8 Å². The highest BCUT2D eigenvalue weighted by molar-refractivity contribution is 5.93. The van der Waals surface area contributed by atoms with Crippen LogP contribution in [0.5, 0.6) is 5.88 Å². The zero-order valence-electron chi connectivity index (χ0n) is 12.5. The summed E-state index contributed by atoms with van der Waals surface area (Å²) in [4.78, 5) is 20.3. The molecule has 3 rings (SSSR count). The lowest BCUT2D eigenvalue weighted by Crippen LogP contribution is -2.23. The minimum Gasteiger partial charge on any atom is -0.481 e. The molecule has 23 heavy (non-hydrogen) atoms. The van der Waals surface area contributed by atoms with Gasteiger partial charge in [-0.15, -0.1) is 0 Å². The molecule has 0 aliphatic rings. The number of nitrogens with zero attached hydrogens (tertiary/aromatic N) is 2. The van der Waals surface area contributed by atoms with Gasteiger partial charge in [0.15, 0.2) is 0 Å². The van der Waals surface area contributed by atoms with Crippen LogP contribution in [0.25, 0.3) is 11.3 Å². The first kappa shape index (κ1) is 14.8. The number of hydrogen-bond donors (Lipinski definition) is 1. The van der Waals surface area contributed by atoms with Crippen molar-refractivity contribution in [1.29, 1.82) is 0 Å². The third-order valence-electron chi connectivity index (χ3n) is 3.26. The average Bonchev–Trinajstić information content (AvgIpc) is 3.15. The Morgan fingerprint density at radius 3 is 2.87 bits per heavy atom. The highest BCUT2D eigenvalue weighted by atomic mass is 16.5. The standard InChI is InChI=1S/C17H15N3O3/c1-22-16-5-4-13(11-19-16)17(21)20-9-12-7-14(10-18-8-12)15-3-2-6-23-15/h2-8,10-11H,9H2,1H3,(H,20,21). The van der Waals surface area contributed by atoms with Crippen LogP contribution in [0.2, 0.25) is 0 Å². The molecule has 0 aliphatic heterocycles. The number of methoxy groups -OCH3 is 1. The molecule has 1 amide bonds. The number of hydrogen-bond acceptors (Lipinski definition) is 5. The largest absolute Gasteiger partial charge is 0.481 e. The first-order valence-corrected chi connectivity index (χ1v) is 7.02. The van der Waals surface area contributed by atoms with E-state index >= 15 is 0 Å². The van der Waals surface area contributed by atoms with Crippen LogP contribution in [0, 0.1) is 0 Å². The van der Waals surface area contributed by atoms with Crippen LogP contribution in [0.4, 0.5) is 0 Å². The number of ether oxygens (including phenoxy) is 1. The topological polar surface area (TPSA) is 77.2 Å². The summed E-state index contributed by atoms with van der Waals surface area (Å²) in [5.41, 5.74) is 2.22. The Morgan fingerprint density at radius 2 is 2.17 bits per heavy atom. The number of carbonyl (C=O) groups excluding carboxylic acids is 1. The quantitative estimate of drug-likeness (QED) is 0.784. The number of aromatic nitrogens is 2. The molecule has 0 spiro atoms. The van der Waals surface area contributed by atoms with Crippen molar-refractivity contribution in [2.45, 2.75) is 6.54 Å². The summed E-state index contributed by atoms with van der Waals surface area (Å²) in [6, 6.07) is 8.92. The molecule has 0 bridgehead atoms. The Kier molecular flexibility index (Phi) is 4.33. The van der Waals surface area contributed by atoms with Gasteiger partial charge in [0, 0.05) is 36.8 Å². The summed E-state index contributed by atoms with van der Waals surface area (Å²) in [5.74, 6) is 1.01. The number of rotatable bonds is 5. The monoisotopic (exact) mass is 309 g/mol. The van der Waals surface area contributed by atoms with E-state index in [2.05, 4.69) is 15.3 Å². The molecule has 1 N–H and O–H groups in total. The van der Waals surface area contributed by atoms with E-state index in [1.807, 2.05) is 18.2 Å². The van der Waals surface area contributed by atoms with Crippen LogP contribution >= 0.6 is 0 Å². The van der Waals surface area contributed by atoms with Gasteiger partial charge in [0.25, 0.3) is 5.91 Å². The van der Waals surface area contributed by atoms with E-state index < -0.39 is 0 Å². The lowest BCUT2D eigenvalue weighted by Gasteiger charge is -2.06. The summed E-state index contributed by atoms with van der Waals surface area (Å²) in [7, 11) is 1.53. The van der Waals surface area contributed by atoms with Gasteiger partial charge in [-0.25, -0.2) is 4.98 Å². The molecule has 0 unspecified atom stereocenters. The second kappa shape index (κ2) is 6.74. The third-order valence-corrected chi connectivity index (χ3v) is 3.26. The molecule has 3 aromatic rings. The van der Waals surface area contributed by atoms with Gasteiger partial charge in [0.05, 0.1) is 18.9 Å². The van der Waals surface area contributed by atoms with E-state index in [-0.39, 0.29) is 5.91 Å². The average molecular weight is 309 g/mol. The zero-order valence-corrected chi connectivity index (χ0v) is 12.5. The highest BCUT2D eigenvalue weighted by Gasteiger charge is 2.07. The van der Waals surface area contributed by atoms with Gasteiger partial charge < -0.3 is 14.5 Å². The van der Waals surface area contributed by atoms with Crippen LogP contribution in [0.15, 0.2) is 59.6 Å². The molecular weight excluding hydrogens is 294 g/mol. The van der Waals surface area contributed by atoms with E-state index in [1.165, 1.54) is 13.3 Å². The lowest BCUT2D eigenvalue weighted by molar-refractivity contribution is 0.0950. The van der Waals surface area contributed by atoms with Gasteiger partial charge in [-0.05, 0) is 29.8 Å². The normalized spacial score (nSPS) is 10.3. The summed E-state index contributed by atoms with van der Waals surface area (Å²) >= 11 is 0. The zero-order chi connectivity index (χ0) is 16.1. The lowest BCUT2D eigenvalue weighted by atomic mass is 10.1. The van der Waals surface area contributed by atoms with E-state index in [9.17, 15) is 4.79 Å². The van der Waals surface area contributed by atoms with Crippen molar-refractivity contribution in [2.75, 3.05) is 7.11 Å². The molecule has 3 heterocycles. The molecule has 116 valence electrons. The van der Waals surface area contributed by atoms with Gasteiger partial charge in [-0.3, -0.25) is 9.78 Å². The number of nitrogens with one attached hydrogen (secondary N) is 1. The number of pyridine rings is 2. The molecule has 6 heteroatoms. The van der Waals surface area contributed by atoms with Crippen molar-refractivity contribution >= 4 is 5.91 Å². The molecule has 0 saturated heterocycles. The summed E-state index contributed by atoms with van der Waals surface area (Å²) in [6.07, 6.45) is 6.52. The summed E-state index contributed by atoms with van der Waals surface area (Å²) in [5, 5.41) is 2.83. The molecule has 3 aromatic heterocycles. The first-order chi connectivity index (χ1) is 11.3. The van der Waals surface area contributed by atoms with Gasteiger partial charge in [-0.2, -0.15) is 0 Å². The van der Waals surface area contributed by atoms with Crippen molar-refractivity contribution in [3.63, 3.8) is 0 Å². The van der Waals surface area contributed by atoms with Crippen LogP contribution in [-0.4, -0.2) is 23.0 Å². The molecule has 0 aliphatic carbocycles. The summed E-state index contributed by atoms with van der Waals surface area (Å²) < 4.78 is 10.3. The highest BCUT2D eigenvalue weighted by Crippen LogP contribution is 2.19. The maximum Gasteiger partial charge on any atom is 0.253 e. The smallest absolute Gasteiger partial charge is 0.253 e. The van der Waals surface area contributed by atoms with Crippen molar-refractivity contribution in [2.24, 2.45) is 0 Å². The van der Waals surface area contributed by atoms with Crippen LogP contribution in [0.1, 0.15) is 15.9 Å². The van der Waals surface area contributed by atoms with Crippen LogP contribution in [0.3, 0.4) is 0 Å². The number of amides is 1. The van der Waals surface area contributed by atoms with Crippen molar-refractivity contribution < 1.29 is 13.9 Å². The van der Waals surface area contributed by atoms with Crippen LogP contribution in [-0.2, 0) is 6.54 Å². The molecule has 0 aromatic carbocycles. The van der Waals surface area contributed by atoms with E-state index in [0.29, 0.717) is 18.0 Å². The van der Waals surface area contributed by atoms with Crippen molar-refractivity contribution in [1.82, 2.24) is 15.3 Å². The predicted octanol–water partition coefficient (Wildman–Crippen LogP) is 2.68. The number of furan rings is 1. The van der Waals surface area contributed by atoms with Crippen molar-refractivity contribution in [3.05, 3.63) is 66.3 Å². The van der Waals surface area contributed by atoms with Gasteiger partial charge in [-0.1, -0.05) is 0 Å². The Morgan fingerprint density at radius 1 is 1.26 bits per heavy atom.